The Morgan fingerprint density at radius 2 is 1.85 bits per heavy atom. The number of amides is 2. The van der Waals surface area contributed by atoms with Crippen LogP contribution in [0, 0.1) is 12.8 Å². The number of rotatable bonds is 5. The van der Waals surface area contributed by atoms with Gasteiger partial charge in [0.25, 0.3) is 5.91 Å². The summed E-state index contributed by atoms with van der Waals surface area (Å²) >= 11 is 6.51. The van der Waals surface area contributed by atoms with Crippen LogP contribution in [-0.2, 0) is 20.5 Å². The smallest absolute Gasteiger partial charge is 0.251 e. The molecule has 40 heavy (non-hydrogen) atoms. The van der Waals surface area contributed by atoms with E-state index in [0.29, 0.717) is 51.8 Å². The average molecular weight is 554 g/mol. The van der Waals surface area contributed by atoms with Crippen LogP contribution < -0.4 is 15.4 Å². The molecule has 202 valence electrons. The summed E-state index contributed by atoms with van der Waals surface area (Å²) in [5, 5.41) is 6.69. The number of hydrogen-bond donors (Lipinski definition) is 2. The van der Waals surface area contributed by atoms with Crippen LogP contribution in [-0.4, -0.2) is 41.7 Å². The Labute approximate surface area is 237 Å². The van der Waals surface area contributed by atoms with Gasteiger partial charge in [-0.3, -0.25) is 19.3 Å². The average Bonchev–Trinajstić information content (AvgIpc) is 3.68. The zero-order chi connectivity index (χ0) is 27.8. The number of anilines is 2. The summed E-state index contributed by atoms with van der Waals surface area (Å²) in [6.07, 6.45) is 3.11. The van der Waals surface area contributed by atoms with Crippen LogP contribution in [0.5, 0.6) is 5.75 Å². The number of fused-ring (bicyclic) bond motifs is 7. The second-order valence-corrected chi connectivity index (χ2v) is 11.3. The molecule has 2 fully saturated rings. The lowest BCUT2D eigenvalue weighted by Crippen LogP contribution is -2.62. The summed E-state index contributed by atoms with van der Waals surface area (Å²) in [7, 11) is 0. The van der Waals surface area contributed by atoms with Gasteiger partial charge < -0.3 is 15.4 Å². The first-order valence-electron chi connectivity index (χ1n) is 13.5. The molecule has 2 N–H and O–H groups in total. The van der Waals surface area contributed by atoms with E-state index in [9.17, 15) is 14.4 Å². The minimum Gasteiger partial charge on any atom is -0.489 e. The number of nitrogens with one attached hydrogen (secondary N) is 2. The highest BCUT2D eigenvalue weighted by Crippen LogP contribution is 2.68. The lowest BCUT2D eigenvalue weighted by atomic mass is 9.57. The highest BCUT2D eigenvalue weighted by Gasteiger charge is 2.81. The summed E-state index contributed by atoms with van der Waals surface area (Å²) in [6.45, 7) is 6.41. The van der Waals surface area contributed by atoms with E-state index >= 15 is 0 Å². The third-order valence-electron chi connectivity index (χ3n) is 9.26. The summed E-state index contributed by atoms with van der Waals surface area (Å²) < 4.78 is 5.90. The van der Waals surface area contributed by atoms with Gasteiger partial charge in [0.15, 0.2) is 5.78 Å². The highest BCUT2D eigenvalue weighted by molar-refractivity contribution is 6.32. The Morgan fingerprint density at radius 1 is 1.07 bits per heavy atom. The summed E-state index contributed by atoms with van der Waals surface area (Å²) in [5.41, 5.74) is 0.745. The van der Waals surface area contributed by atoms with E-state index in [4.69, 9.17) is 16.3 Å². The summed E-state index contributed by atoms with van der Waals surface area (Å²) in [4.78, 5) is 46.2. The van der Waals surface area contributed by atoms with Gasteiger partial charge >= 0.3 is 0 Å². The number of carbonyl (C=O) groups excluding carboxylic acids is 3. The van der Waals surface area contributed by atoms with Gasteiger partial charge in [-0.05, 0) is 61.7 Å². The van der Waals surface area contributed by atoms with Crippen molar-refractivity contribution >= 4 is 40.6 Å². The number of carbonyl (C=O) groups is 3. The third kappa shape index (κ3) is 2.86. The molecule has 2 saturated heterocycles. The second-order valence-electron chi connectivity index (χ2n) is 10.9. The van der Waals surface area contributed by atoms with E-state index in [1.54, 1.807) is 30.3 Å². The molecule has 0 bridgehead atoms. The van der Waals surface area contributed by atoms with E-state index in [-0.39, 0.29) is 30.2 Å². The number of ether oxygens (including phenoxy) is 1. The van der Waals surface area contributed by atoms with Crippen molar-refractivity contribution in [1.29, 1.82) is 0 Å². The molecule has 4 aliphatic heterocycles. The first-order chi connectivity index (χ1) is 19.4. The van der Waals surface area contributed by atoms with E-state index in [0.717, 1.165) is 12.0 Å². The molecule has 2 spiro atoms. The number of nitrogens with zero attached hydrogens (tertiary/aromatic N) is 1. The Morgan fingerprint density at radius 3 is 2.67 bits per heavy atom. The number of benzene rings is 3. The van der Waals surface area contributed by atoms with Gasteiger partial charge in [-0.25, -0.2) is 0 Å². The number of para-hydroxylation sites is 2. The summed E-state index contributed by atoms with van der Waals surface area (Å²) in [5.74, 6) is -1.29. The maximum absolute atomic E-state index is 14.9. The molecule has 7 nitrogen and oxygen atoms in total. The molecular weight excluding hydrogens is 526 g/mol. The number of ketones is 1. The van der Waals surface area contributed by atoms with Gasteiger partial charge in [0.05, 0.1) is 17.2 Å². The SMILES string of the molecule is C=CCOc1ccccc1C(=O)C1C2CCCN2C2(C(=O)Nc3c2ccc(Cl)c3C)C12C(=O)Nc1ccccc12. The van der Waals surface area contributed by atoms with Crippen LogP contribution in [0.4, 0.5) is 11.4 Å². The fraction of sp³-hybridized carbons (Fsp3) is 0.281. The molecule has 8 heteroatoms. The molecule has 7 rings (SSSR count). The molecule has 4 unspecified atom stereocenters. The van der Waals surface area contributed by atoms with Gasteiger partial charge in [-0.1, -0.05) is 60.7 Å². The Bertz CT molecular complexity index is 1640. The van der Waals surface area contributed by atoms with Gasteiger partial charge in [0, 0.05) is 22.3 Å². The fourth-order valence-corrected chi connectivity index (χ4v) is 8.04. The quantitative estimate of drug-likeness (QED) is 0.334. The van der Waals surface area contributed by atoms with Crippen LogP contribution in [0.15, 0.2) is 73.3 Å². The van der Waals surface area contributed by atoms with Crippen LogP contribution in [0.3, 0.4) is 0 Å². The van der Waals surface area contributed by atoms with Crippen molar-refractivity contribution in [2.45, 2.75) is 36.8 Å². The minimum atomic E-state index is -1.52. The maximum atomic E-state index is 14.9. The minimum absolute atomic E-state index is 0.216. The predicted molar refractivity (Wildman–Crippen MR) is 153 cm³/mol. The van der Waals surface area contributed by atoms with E-state index < -0.39 is 16.9 Å². The number of Topliss-reactive ketones (excluding diaryl/α,β-unsaturated/α-hetero) is 1. The lowest BCUT2D eigenvalue weighted by molar-refractivity contribution is -0.137. The van der Waals surface area contributed by atoms with Crippen molar-refractivity contribution in [2.75, 3.05) is 23.8 Å². The molecule has 4 aliphatic rings. The monoisotopic (exact) mass is 553 g/mol. The largest absolute Gasteiger partial charge is 0.489 e. The lowest BCUT2D eigenvalue weighted by Gasteiger charge is -2.43. The van der Waals surface area contributed by atoms with Gasteiger partial charge in [-0.15, -0.1) is 0 Å². The Balaban J connectivity index is 1.56. The van der Waals surface area contributed by atoms with Crippen molar-refractivity contribution in [3.63, 3.8) is 0 Å². The van der Waals surface area contributed by atoms with E-state index in [2.05, 4.69) is 22.1 Å². The topological polar surface area (TPSA) is 87.7 Å². The van der Waals surface area contributed by atoms with Crippen LogP contribution >= 0.6 is 11.6 Å². The molecule has 3 aromatic carbocycles. The Hall–Kier alpha value is -3.94. The normalized spacial score (nSPS) is 27.9. The first-order valence-corrected chi connectivity index (χ1v) is 13.9. The van der Waals surface area contributed by atoms with Gasteiger partial charge in [0.1, 0.15) is 23.3 Å². The van der Waals surface area contributed by atoms with Gasteiger partial charge in [-0.2, -0.15) is 0 Å². The van der Waals surface area contributed by atoms with Crippen molar-refractivity contribution in [3.05, 3.63) is 101 Å². The predicted octanol–water partition coefficient (Wildman–Crippen LogP) is 5.23. The van der Waals surface area contributed by atoms with Crippen molar-refractivity contribution < 1.29 is 19.1 Å². The molecule has 3 aromatic rings. The zero-order valence-electron chi connectivity index (χ0n) is 22.0. The highest BCUT2D eigenvalue weighted by atomic mass is 35.5. The molecule has 0 saturated carbocycles. The van der Waals surface area contributed by atoms with Crippen molar-refractivity contribution in [2.24, 2.45) is 5.92 Å². The molecule has 0 aromatic heterocycles. The molecule has 0 aliphatic carbocycles. The van der Waals surface area contributed by atoms with E-state index in [1.807, 2.05) is 43.3 Å². The molecule has 2 amide bonds. The zero-order valence-corrected chi connectivity index (χ0v) is 22.8. The van der Waals surface area contributed by atoms with Crippen molar-refractivity contribution in [1.82, 2.24) is 4.90 Å². The second kappa shape index (κ2) is 8.78. The number of halogens is 1. The molecule has 4 heterocycles. The van der Waals surface area contributed by atoms with Crippen LogP contribution in [0.25, 0.3) is 0 Å². The fourth-order valence-electron chi connectivity index (χ4n) is 7.88. The Kier molecular flexibility index (Phi) is 5.50. The van der Waals surface area contributed by atoms with Crippen molar-refractivity contribution in [3.8, 4) is 5.75 Å². The molecule has 0 radical (unpaired) electrons. The van der Waals surface area contributed by atoms with Crippen LogP contribution in [0.1, 0.15) is 39.9 Å². The van der Waals surface area contributed by atoms with Gasteiger partial charge in [0.2, 0.25) is 5.91 Å². The number of hydrogen-bond acceptors (Lipinski definition) is 5. The third-order valence-corrected chi connectivity index (χ3v) is 9.67. The van der Waals surface area contributed by atoms with Crippen LogP contribution in [0.2, 0.25) is 5.02 Å². The van der Waals surface area contributed by atoms with E-state index in [1.165, 1.54) is 0 Å². The standard InChI is InChI=1S/C32H28ClN3O4/c1-3-17-40-25-13-7-4-9-19(25)28(37)26-24-12-8-16-36(24)32(21-14-15-22(33)18(2)27(21)35-30(32)39)31(26)20-10-5-6-11-23(20)34-29(31)38/h3-7,9-11,13-15,24,26H,1,8,12,16-17H2,2H3,(H,34,38)(H,35,39). The molecular formula is C32H28ClN3O4. The molecule has 4 atom stereocenters. The first kappa shape index (κ1) is 25.1. The summed E-state index contributed by atoms with van der Waals surface area (Å²) in [6, 6.07) is 17.8. The maximum Gasteiger partial charge on any atom is 0.251 e.